The Bertz CT molecular complexity index is 945. The van der Waals surface area contributed by atoms with Crippen LogP contribution in [-0.4, -0.2) is 42.2 Å². The number of amides is 1. The van der Waals surface area contributed by atoms with Crippen molar-refractivity contribution in [1.82, 2.24) is 9.78 Å². The molecule has 1 aromatic carbocycles. The van der Waals surface area contributed by atoms with Gasteiger partial charge in [-0.2, -0.15) is 5.10 Å². The van der Waals surface area contributed by atoms with E-state index in [4.69, 9.17) is 27.9 Å². The molecular weight excluding hydrogens is 413 g/mol. The monoisotopic (exact) mass is 431 g/mol. The third-order valence-corrected chi connectivity index (χ3v) is 6.49. The molecule has 1 aliphatic rings. The maximum atomic E-state index is 12.3. The average molecular weight is 432 g/mol. The van der Waals surface area contributed by atoms with Crippen molar-refractivity contribution in [3.63, 3.8) is 0 Å². The number of aromatic nitrogens is 2. The number of hydrogen-bond acceptors (Lipinski definition) is 5. The van der Waals surface area contributed by atoms with Gasteiger partial charge in [-0.15, -0.1) is 0 Å². The van der Waals surface area contributed by atoms with Crippen molar-refractivity contribution in [3.05, 3.63) is 40.0 Å². The van der Waals surface area contributed by atoms with Gasteiger partial charge in [0.1, 0.15) is 21.4 Å². The van der Waals surface area contributed by atoms with Gasteiger partial charge >= 0.3 is 0 Å². The number of aryl methyl sites for hydroxylation is 1. The molecule has 1 aromatic heterocycles. The van der Waals surface area contributed by atoms with Crippen LogP contribution in [0.4, 0.5) is 5.82 Å². The standard InChI is InChI=1S/C17H19Cl2N3O4S/c1-11-8-16(22(21-11)13-4-6-27(24,25)7-5-13)20-17(23)10-26-15-3-2-12(18)9-14(15)19/h2-3,8-9,13H,4-7,10H2,1H3,(H,20,23). The SMILES string of the molecule is Cc1cc(NC(=O)COc2ccc(Cl)cc2Cl)n(C2CCS(=O)(=O)CC2)n1. The second-order valence-electron chi connectivity index (χ2n) is 6.41. The van der Waals surface area contributed by atoms with Gasteiger partial charge in [-0.3, -0.25) is 4.79 Å². The van der Waals surface area contributed by atoms with Crippen LogP contribution in [0.25, 0.3) is 0 Å². The highest BCUT2D eigenvalue weighted by molar-refractivity contribution is 7.91. The summed E-state index contributed by atoms with van der Waals surface area (Å²) < 4.78 is 30.4. The topological polar surface area (TPSA) is 90.3 Å². The first kappa shape index (κ1) is 20.0. The van der Waals surface area contributed by atoms with Gasteiger partial charge in [-0.1, -0.05) is 23.2 Å². The van der Waals surface area contributed by atoms with E-state index in [1.807, 2.05) is 6.92 Å². The summed E-state index contributed by atoms with van der Waals surface area (Å²) in [6.45, 7) is 1.58. The van der Waals surface area contributed by atoms with Gasteiger partial charge in [0.2, 0.25) is 0 Å². The number of ether oxygens (including phenoxy) is 1. The van der Waals surface area contributed by atoms with Crippen molar-refractivity contribution in [2.45, 2.75) is 25.8 Å². The van der Waals surface area contributed by atoms with Crippen molar-refractivity contribution in [3.8, 4) is 5.75 Å². The first-order valence-corrected chi connectivity index (χ1v) is 11.0. The molecule has 1 saturated heterocycles. The third kappa shape index (κ3) is 5.15. The fraction of sp³-hybridized carbons (Fsp3) is 0.412. The molecule has 1 amide bonds. The summed E-state index contributed by atoms with van der Waals surface area (Å²) in [6, 6.07) is 6.43. The molecule has 27 heavy (non-hydrogen) atoms. The quantitative estimate of drug-likeness (QED) is 0.784. The lowest BCUT2D eigenvalue weighted by atomic mass is 10.1. The second-order valence-corrected chi connectivity index (χ2v) is 9.56. The highest BCUT2D eigenvalue weighted by Gasteiger charge is 2.27. The fourth-order valence-corrected chi connectivity index (χ4v) is 4.85. The molecule has 0 aliphatic carbocycles. The van der Waals surface area contributed by atoms with E-state index in [-0.39, 0.29) is 30.1 Å². The van der Waals surface area contributed by atoms with Crippen molar-refractivity contribution >= 4 is 44.8 Å². The Kier molecular flexibility index (Phi) is 5.98. The summed E-state index contributed by atoms with van der Waals surface area (Å²) in [4.78, 5) is 12.3. The van der Waals surface area contributed by atoms with Gasteiger partial charge in [0, 0.05) is 11.1 Å². The average Bonchev–Trinajstić information content (AvgIpc) is 2.94. The van der Waals surface area contributed by atoms with Gasteiger partial charge in [0.05, 0.1) is 28.3 Å². The zero-order chi connectivity index (χ0) is 19.6. The van der Waals surface area contributed by atoms with E-state index in [0.717, 1.165) is 5.69 Å². The molecule has 0 unspecified atom stereocenters. The van der Waals surface area contributed by atoms with Crippen LogP contribution < -0.4 is 10.1 Å². The molecule has 0 spiro atoms. The molecule has 0 bridgehead atoms. The first-order chi connectivity index (χ1) is 12.7. The van der Waals surface area contributed by atoms with E-state index in [1.165, 1.54) is 6.07 Å². The zero-order valence-corrected chi connectivity index (χ0v) is 16.9. The van der Waals surface area contributed by atoms with E-state index in [0.29, 0.717) is 34.5 Å². The summed E-state index contributed by atoms with van der Waals surface area (Å²) in [5.74, 6) is 0.765. The van der Waals surface area contributed by atoms with Gasteiger partial charge in [0.25, 0.3) is 5.91 Å². The molecule has 0 saturated carbocycles. The normalized spacial score (nSPS) is 16.9. The van der Waals surface area contributed by atoms with Crippen LogP contribution in [0.5, 0.6) is 5.75 Å². The van der Waals surface area contributed by atoms with Crippen LogP contribution in [0.2, 0.25) is 10.0 Å². The van der Waals surface area contributed by atoms with Crippen molar-refractivity contribution in [2.75, 3.05) is 23.4 Å². The molecule has 10 heteroatoms. The molecule has 1 fully saturated rings. The molecule has 3 rings (SSSR count). The predicted octanol–water partition coefficient (Wildman–Crippen LogP) is 3.27. The Labute approximate surface area is 167 Å². The van der Waals surface area contributed by atoms with E-state index in [2.05, 4.69) is 10.4 Å². The number of halogens is 2. The Balaban J connectivity index is 1.64. The molecule has 2 aromatic rings. The number of nitrogens with zero attached hydrogens (tertiary/aromatic N) is 2. The van der Waals surface area contributed by atoms with Gasteiger partial charge in [-0.25, -0.2) is 13.1 Å². The van der Waals surface area contributed by atoms with Crippen molar-refractivity contribution in [1.29, 1.82) is 0 Å². The zero-order valence-electron chi connectivity index (χ0n) is 14.6. The number of hydrogen-bond donors (Lipinski definition) is 1. The highest BCUT2D eigenvalue weighted by atomic mass is 35.5. The summed E-state index contributed by atoms with van der Waals surface area (Å²) in [7, 11) is -2.97. The fourth-order valence-electron chi connectivity index (χ4n) is 2.93. The van der Waals surface area contributed by atoms with Crippen molar-refractivity contribution < 1.29 is 17.9 Å². The smallest absolute Gasteiger partial charge is 0.263 e. The molecule has 1 aliphatic heterocycles. The van der Waals surface area contributed by atoms with Crippen LogP contribution in [0.3, 0.4) is 0 Å². The number of sulfone groups is 1. The molecule has 146 valence electrons. The summed E-state index contributed by atoms with van der Waals surface area (Å²) in [5.41, 5.74) is 0.736. The van der Waals surface area contributed by atoms with E-state index < -0.39 is 9.84 Å². The van der Waals surface area contributed by atoms with E-state index in [9.17, 15) is 13.2 Å². The minimum Gasteiger partial charge on any atom is -0.482 e. The second kappa shape index (κ2) is 8.08. The summed E-state index contributed by atoms with van der Waals surface area (Å²) in [5, 5.41) is 7.97. The van der Waals surface area contributed by atoms with Crippen LogP contribution in [0.15, 0.2) is 24.3 Å². The van der Waals surface area contributed by atoms with Crippen LogP contribution in [0.1, 0.15) is 24.6 Å². The maximum Gasteiger partial charge on any atom is 0.263 e. The van der Waals surface area contributed by atoms with Crippen LogP contribution in [-0.2, 0) is 14.6 Å². The Morgan fingerprint density at radius 3 is 2.67 bits per heavy atom. The van der Waals surface area contributed by atoms with Crippen LogP contribution in [0, 0.1) is 6.92 Å². The molecule has 0 radical (unpaired) electrons. The highest BCUT2D eigenvalue weighted by Crippen LogP contribution is 2.28. The lowest BCUT2D eigenvalue weighted by Crippen LogP contribution is -2.28. The van der Waals surface area contributed by atoms with Crippen LogP contribution >= 0.6 is 23.2 Å². The molecule has 0 atom stereocenters. The lowest BCUT2D eigenvalue weighted by molar-refractivity contribution is -0.118. The van der Waals surface area contributed by atoms with Crippen molar-refractivity contribution in [2.24, 2.45) is 0 Å². The largest absolute Gasteiger partial charge is 0.482 e. The third-order valence-electron chi connectivity index (χ3n) is 4.25. The lowest BCUT2D eigenvalue weighted by Gasteiger charge is -2.24. The van der Waals surface area contributed by atoms with E-state index in [1.54, 1.807) is 22.9 Å². The van der Waals surface area contributed by atoms with E-state index >= 15 is 0 Å². The van der Waals surface area contributed by atoms with Gasteiger partial charge < -0.3 is 10.1 Å². The number of anilines is 1. The summed E-state index contributed by atoms with van der Waals surface area (Å²) >= 11 is 11.9. The molecule has 7 nitrogen and oxygen atoms in total. The first-order valence-electron chi connectivity index (χ1n) is 8.38. The Morgan fingerprint density at radius 1 is 1.30 bits per heavy atom. The summed E-state index contributed by atoms with van der Waals surface area (Å²) in [6.07, 6.45) is 0.951. The number of carbonyl (C=O) groups excluding carboxylic acids is 1. The molecular formula is C17H19Cl2N3O4S. The Hall–Kier alpha value is -1.77. The molecule has 2 heterocycles. The molecule has 1 N–H and O–H groups in total. The minimum absolute atomic E-state index is 0.0656. The number of benzene rings is 1. The Morgan fingerprint density at radius 2 is 2.00 bits per heavy atom. The number of carbonyl (C=O) groups is 1. The number of rotatable bonds is 5. The predicted molar refractivity (Wildman–Crippen MR) is 104 cm³/mol. The van der Waals surface area contributed by atoms with Gasteiger partial charge in [0.15, 0.2) is 6.61 Å². The minimum atomic E-state index is -2.97. The maximum absolute atomic E-state index is 12.3. The number of nitrogens with one attached hydrogen (secondary N) is 1. The van der Waals surface area contributed by atoms with Gasteiger partial charge in [-0.05, 0) is 38.0 Å².